The first kappa shape index (κ1) is 20.9. The second-order valence-corrected chi connectivity index (χ2v) is 7.57. The first-order valence-corrected chi connectivity index (χ1v) is 10.7. The van der Waals surface area contributed by atoms with Crippen LogP contribution in [0.25, 0.3) is 11.4 Å². The molecule has 0 saturated carbocycles. The standard InChI is InChI=1S/C24H28N4O3/c1-3-30-21-10-5-16(13-22(21)31-4-2)14-28-12-11-19-20(15-28)26-23(27-24(19)29)17-6-8-18(25)9-7-17/h5-10,13H,3-4,11-12,14-15,25H2,1-2H3,(H,26,27,29). The van der Waals surface area contributed by atoms with Crippen LogP contribution in [0, 0.1) is 0 Å². The molecule has 0 unspecified atom stereocenters. The fraction of sp³-hybridized carbons (Fsp3) is 0.333. The van der Waals surface area contributed by atoms with Gasteiger partial charge < -0.3 is 20.2 Å². The molecule has 1 aliphatic heterocycles. The van der Waals surface area contributed by atoms with Crippen LogP contribution in [-0.2, 0) is 19.5 Å². The number of nitrogen functional groups attached to an aromatic ring is 1. The van der Waals surface area contributed by atoms with Gasteiger partial charge >= 0.3 is 0 Å². The third-order valence-corrected chi connectivity index (χ3v) is 5.35. The summed E-state index contributed by atoms with van der Waals surface area (Å²) < 4.78 is 11.4. The molecule has 2 heterocycles. The van der Waals surface area contributed by atoms with Crippen LogP contribution in [0.2, 0.25) is 0 Å². The van der Waals surface area contributed by atoms with Crippen molar-refractivity contribution < 1.29 is 9.47 Å². The van der Waals surface area contributed by atoms with Crippen LogP contribution in [0.4, 0.5) is 5.69 Å². The zero-order chi connectivity index (χ0) is 21.8. The lowest BCUT2D eigenvalue weighted by atomic mass is 10.0. The highest BCUT2D eigenvalue weighted by Crippen LogP contribution is 2.29. The predicted molar refractivity (Wildman–Crippen MR) is 121 cm³/mol. The van der Waals surface area contributed by atoms with Crippen molar-refractivity contribution in [1.29, 1.82) is 0 Å². The number of benzene rings is 2. The summed E-state index contributed by atoms with van der Waals surface area (Å²) in [5.74, 6) is 2.10. The molecular weight excluding hydrogens is 392 g/mol. The highest BCUT2D eigenvalue weighted by molar-refractivity contribution is 5.58. The molecule has 1 aromatic heterocycles. The molecule has 1 aliphatic rings. The Balaban J connectivity index is 1.55. The van der Waals surface area contributed by atoms with E-state index in [-0.39, 0.29) is 5.56 Å². The van der Waals surface area contributed by atoms with Gasteiger partial charge in [-0.2, -0.15) is 0 Å². The minimum absolute atomic E-state index is 0.0591. The molecule has 162 valence electrons. The summed E-state index contributed by atoms with van der Waals surface area (Å²) in [6, 6.07) is 13.4. The molecular formula is C24H28N4O3. The molecule has 3 aromatic rings. The van der Waals surface area contributed by atoms with Crippen LogP contribution in [0.5, 0.6) is 11.5 Å². The molecule has 31 heavy (non-hydrogen) atoms. The van der Waals surface area contributed by atoms with Crippen LogP contribution in [-0.4, -0.2) is 34.6 Å². The summed E-state index contributed by atoms with van der Waals surface area (Å²) in [5.41, 5.74) is 9.99. The van der Waals surface area contributed by atoms with Gasteiger partial charge in [-0.05, 0) is 62.2 Å². The zero-order valence-corrected chi connectivity index (χ0v) is 18.0. The lowest BCUT2D eigenvalue weighted by Gasteiger charge is -2.28. The van der Waals surface area contributed by atoms with Crippen LogP contribution >= 0.6 is 0 Å². The van der Waals surface area contributed by atoms with E-state index in [4.69, 9.17) is 20.2 Å². The van der Waals surface area contributed by atoms with Gasteiger partial charge in [-0.25, -0.2) is 4.98 Å². The number of hydrogen-bond donors (Lipinski definition) is 2. The molecule has 2 aromatic carbocycles. The molecule has 0 fully saturated rings. The van der Waals surface area contributed by atoms with Crippen molar-refractivity contribution in [2.24, 2.45) is 0 Å². The van der Waals surface area contributed by atoms with Gasteiger partial charge in [0.25, 0.3) is 5.56 Å². The normalized spacial score (nSPS) is 13.6. The van der Waals surface area contributed by atoms with Crippen molar-refractivity contribution in [3.63, 3.8) is 0 Å². The number of rotatable bonds is 7. The van der Waals surface area contributed by atoms with Crippen LogP contribution in [0.3, 0.4) is 0 Å². The van der Waals surface area contributed by atoms with Gasteiger partial charge in [0.15, 0.2) is 11.5 Å². The van der Waals surface area contributed by atoms with Crippen LogP contribution < -0.4 is 20.8 Å². The largest absolute Gasteiger partial charge is 0.490 e. The Kier molecular flexibility index (Phi) is 6.23. The summed E-state index contributed by atoms with van der Waals surface area (Å²) in [4.78, 5) is 22.6. The number of aromatic amines is 1. The number of fused-ring (bicyclic) bond motifs is 1. The lowest BCUT2D eigenvalue weighted by molar-refractivity contribution is 0.239. The fourth-order valence-corrected chi connectivity index (χ4v) is 3.86. The predicted octanol–water partition coefficient (Wildman–Crippen LogP) is 3.37. The number of aromatic nitrogens is 2. The third-order valence-electron chi connectivity index (χ3n) is 5.35. The van der Waals surface area contributed by atoms with Gasteiger partial charge in [0.2, 0.25) is 0 Å². The summed E-state index contributed by atoms with van der Waals surface area (Å²) in [6.07, 6.45) is 0.676. The van der Waals surface area contributed by atoms with Gasteiger partial charge in [0.1, 0.15) is 5.82 Å². The molecule has 0 bridgehead atoms. The molecule has 0 radical (unpaired) electrons. The minimum atomic E-state index is -0.0591. The minimum Gasteiger partial charge on any atom is -0.490 e. The molecule has 7 heteroatoms. The molecule has 0 atom stereocenters. The first-order chi connectivity index (χ1) is 15.1. The van der Waals surface area contributed by atoms with Gasteiger partial charge in [-0.15, -0.1) is 0 Å². The average molecular weight is 421 g/mol. The second kappa shape index (κ2) is 9.22. The summed E-state index contributed by atoms with van der Waals surface area (Å²) in [5, 5.41) is 0. The van der Waals surface area contributed by atoms with Crippen LogP contribution in [0.1, 0.15) is 30.7 Å². The highest BCUT2D eigenvalue weighted by atomic mass is 16.5. The lowest BCUT2D eigenvalue weighted by Crippen LogP contribution is -2.35. The van der Waals surface area contributed by atoms with Crippen LogP contribution in [0.15, 0.2) is 47.3 Å². The van der Waals surface area contributed by atoms with Gasteiger partial charge in [0.05, 0.1) is 18.9 Å². The molecule has 7 nitrogen and oxygen atoms in total. The van der Waals surface area contributed by atoms with Crippen molar-refractivity contribution in [3.8, 4) is 22.9 Å². The van der Waals surface area contributed by atoms with Gasteiger partial charge in [-0.3, -0.25) is 9.69 Å². The number of H-pyrrole nitrogens is 1. The Morgan fingerprint density at radius 1 is 1.06 bits per heavy atom. The van der Waals surface area contributed by atoms with Gasteiger partial charge in [-0.1, -0.05) is 6.07 Å². The topological polar surface area (TPSA) is 93.5 Å². The number of anilines is 1. The van der Waals surface area contributed by atoms with Crippen molar-refractivity contribution in [2.45, 2.75) is 33.4 Å². The van der Waals surface area contributed by atoms with Crippen molar-refractivity contribution in [1.82, 2.24) is 14.9 Å². The average Bonchev–Trinajstić information content (AvgIpc) is 2.76. The quantitative estimate of drug-likeness (QED) is 0.569. The highest BCUT2D eigenvalue weighted by Gasteiger charge is 2.22. The Bertz CT molecular complexity index is 1110. The second-order valence-electron chi connectivity index (χ2n) is 7.57. The number of nitrogens with one attached hydrogen (secondary N) is 1. The smallest absolute Gasteiger partial charge is 0.254 e. The van der Waals surface area contributed by atoms with Crippen molar-refractivity contribution in [2.75, 3.05) is 25.5 Å². The number of nitrogens with two attached hydrogens (primary N) is 1. The third kappa shape index (κ3) is 4.72. The fourth-order valence-electron chi connectivity index (χ4n) is 3.86. The SMILES string of the molecule is CCOc1ccc(CN2CCc3c(nc(-c4ccc(N)cc4)[nH]c3=O)C2)cc1OCC. The maximum absolute atomic E-state index is 12.6. The monoisotopic (exact) mass is 420 g/mol. The van der Waals surface area contributed by atoms with E-state index in [1.807, 2.05) is 50.2 Å². The van der Waals surface area contributed by atoms with E-state index in [1.165, 1.54) is 0 Å². The van der Waals surface area contributed by atoms with E-state index >= 15 is 0 Å². The van der Waals surface area contributed by atoms with E-state index in [0.29, 0.717) is 37.7 Å². The molecule has 0 saturated heterocycles. The number of hydrogen-bond acceptors (Lipinski definition) is 6. The Morgan fingerprint density at radius 2 is 1.81 bits per heavy atom. The summed E-state index contributed by atoms with van der Waals surface area (Å²) >= 11 is 0. The summed E-state index contributed by atoms with van der Waals surface area (Å²) in [7, 11) is 0. The Labute approximate surface area is 181 Å². The van der Waals surface area contributed by atoms with E-state index in [2.05, 4.69) is 16.0 Å². The van der Waals surface area contributed by atoms with E-state index in [0.717, 1.165) is 47.0 Å². The molecule has 4 rings (SSSR count). The van der Waals surface area contributed by atoms with Crippen molar-refractivity contribution >= 4 is 5.69 Å². The zero-order valence-electron chi connectivity index (χ0n) is 18.0. The molecule has 0 amide bonds. The maximum Gasteiger partial charge on any atom is 0.254 e. The van der Waals surface area contributed by atoms with Gasteiger partial charge in [0, 0.05) is 36.4 Å². The van der Waals surface area contributed by atoms with E-state index in [1.54, 1.807) is 0 Å². The number of ether oxygens (including phenoxy) is 2. The van der Waals surface area contributed by atoms with E-state index in [9.17, 15) is 4.79 Å². The molecule has 0 spiro atoms. The Morgan fingerprint density at radius 3 is 2.55 bits per heavy atom. The molecule has 0 aliphatic carbocycles. The maximum atomic E-state index is 12.6. The number of nitrogens with zero attached hydrogens (tertiary/aromatic N) is 2. The summed E-state index contributed by atoms with van der Waals surface area (Å²) in [6.45, 7) is 7.28. The van der Waals surface area contributed by atoms with E-state index < -0.39 is 0 Å². The van der Waals surface area contributed by atoms with Crippen molar-refractivity contribution in [3.05, 3.63) is 69.6 Å². The Hall–Kier alpha value is -3.32. The molecule has 3 N–H and O–H groups in total. The first-order valence-electron chi connectivity index (χ1n) is 10.7.